The zero-order chi connectivity index (χ0) is 16.9. The average Bonchev–Trinajstić information content (AvgIpc) is 2.51. The second kappa shape index (κ2) is 7.78. The summed E-state index contributed by atoms with van der Waals surface area (Å²) in [6.45, 7) is 1.09. The second-order valence-electron chi connectivity index (χ2n) is 4.40. The number of methoxy groups -OCH3 is 1. The van der Waals surface area contributed by atoms with Gasteiger partial charge in [-0.1, -0.05) is 23.2 Å². The van der Waals surface area contributed by atoms with E-state index in [0.717, 1.165) is 0 Å². The van der Waals surface area contributed by atoms with E-state index in [2.05, 4.69) is 20.2 Å². The van der Waals surface area contributed by atoms with Gasteiger partial charge in [-0.05, 0) is 30.3 Å². The van der Waals surface area contributed by atoms with Crippen molar-refractivity contribution in [2.24, 2.45) is 0 Å². The summed E-state index contributed by atoms with van der Waals surface area (Å²) in [5.41, 5.74) is 0. The molecule has 2 N–H and O–H groups in total. The van der Waals surface area contributed by atoms with Crippen LogP contribution < -0.4 is 10.0 Å². The van der Waals surface area contributed by atoms with Gasteiger partial charge in [0.1, 0.15) is 5.82 Å². The molecule has 0 saturated carbocycles. The minimum Gasteiger partial charge on any atom is -0.383 e. The number of aromatic nitrogens is 2. The Morgan fingerprint density at radius 2 is 1.78 bits per heavy atom. The van der Waals surface area contributed by atoms with E-state index in [1.54, 1.807) is 13.2 Å². The van der Waals surface area contributed by atoms with Gasteiger partial charge in [0, 0.05) is 13.7 Å². The Labute approximate surface area is 144 Å². The van der Waals surface area contributed by atoms with Gasteiger partial charge in [0.2, 0.25) is 0 Å². The van der Waals surface area contributed by atoms with Crippen LogP contribution >= 0.6 is 23.2 Å². The Hall–Kier alpha value is -1.61. The molecule has 1 aromatic carbocycles. The van der Waals surface area contributed by atoms with E-state index in [1.165, 1.54) is 24.3 Å². The molecule has 2 aromatic rings. The quantitative estimate of drug-likeness (QED) is 0.721. The van der Waals surface area contributed by atoms with Gasteiger partial charge in [0.15, 0.2) is 5.82 Å². The smallest absolute Gasteiger partial charge is 0.263 e. The number of ether oxygens (including phenoxy) is 1. The van der Waals surface area contributed by atoms with Gasteiger partial charge in [-0.25, -0.2) is 8.42 Å². The summed E-state index contributed by atoms with van der Waals surface area (Å²) >= 11 is 11.6. The molecule has 0 amide bonds. The van der Waals surface area contributed by atoms with Crippen LogP contribution in [0, 0.1) is 0 Å². The van der Waals surface area contributed by atoms with Crippen LogP contribution in [0.25, 0.3) is 0 Å². The normalized spacial score (nSPS) is 11.3. The van der Waals surface area contributed by atoms with Crippen molar-refractivity contribution >= 4 is 44.9 Å². The lowest BCUT2D eigenvalue weighted by atomic mass is 10.4. The van der Waals surface area contributed by atoms with E-state index < -0.39 is 10.0 Å². The van der Waals surface area contributed by atoms with Crippen LogP contribution in [0.2, 0.25) is 10.0 Å². The zero-order valence-corrected chi connectivity index (χ0v) is 14.4. The van der Waals surface area contributed by atoms with E-state index in [4.69, 9.17) is 27.9 Å². The van der Waals surface area contributed by atoms with Crippen LogP contribution in [-0.2, 0) is 14.8 Å². The lowest BCUT2D eigenvalue weighted by Gasteiger charge is -2.08. The first kappa shape index (κ1) is 17.7. The fourth-order valence-corrected chi connectivity index (χ4v) is 2.99. The number of sulfonamides is 1. The molecule has 0 spiro atoms. The molecule has 0 bridgehead atoms. The number of benzene rings is 1. The third kappa shape index (κ3) is 4.93. The molecule has 124 valence electrons. The van der Waals surface area contributed by atoms with Crippen LogP contribution in [0.15, 0.2) is 35.2 Å². The summed E-state index contributed by atoms with van der Waals surface area (Å²) in [7, 11) is -2.23. The fourth-order valence-electron chi connectivity index (χ4n) is 1.60. The van der Waals surface area contributed by atoms with Crippen molar-refractivity contribution in [3.8, 4) is 0 Å². The summed E-state index contributed by atoms with van der Waals surface area (Å²) in [5.74, 6) is 0.605. The molecule has 0 fully saturated rings. The monoisotopic (exact) mass is 376 g/mol. The Bertz CT molecular complexity index is 769. The molecule has 0 saturated heterocycles. The second-order valence-corrected chi connectivity index (χ2v) is 6.90. The van der Waals surface area contributed by atoms with E-state index in [-0.39, 0.29) is 20.8 Å². The van der Waals surface area contributed by atoms with Gasteiger partial charge >= 0.3 is 0 Å². The van der Waals surface area contributed by atoms with Crippen LogP contribution in [0.5, 0.6) is 0 Å². The molecular formula is C13H14Cl2N4O3S. The van der Waals surface area contributed by atoms with Gasteiger partial charge in [-0.3, -0.25) is 4.72 Å². The molecule has 1 heterocycles. The molecule has 10 heteroatoms. The minimum atomic E-state index is -3.82. The third-order valence-electron chi connectivity index (χ3n) is 2.72. The first-order valence-electron chi connectivity index (χ1n) is 6.47. The largest absolute Gasteiger partial charge is 0.383 e. The predicted molar refractivity (Wildman–Crippen MR) is 89.7 cm³/mol. The molecular weight excluding hydrogens is 363 g/mol. The van der Waals surface area contributed by atoms with Crippen molar-refractivity contribution in [3.05, 3.63) is 40.4 Å². The lowest BCUT2D eigenvalue weighted by Crippen LogP contribution is -2.15. The van der Waals surface area contributed by atoms with Gasteiger partial charge < -0.3 is 10.1 Å². The fraction of sp³-hybridized carbons (Fsp3) is 0.231. The van der Waals surface area contributed by atoms with Gasteiger partial charge in [-0.15, -0.1) is 10.2 Å². The zero-order valence-electron chi connectivity index (χ0n) is 12.1. The minimum absolute atomic E-state index is 0.0176. The van der Waals surface area contributed by atoms with E-state index >= 15 is 0 Å². The third-order valence-corrected chi connectivity index (χ3v) is 4.81. The maximum Gasteiger partial charge on any atom is 0.263 e. The Morgan fingerprint density at radius 1 is 1.09 bits per heavy atom. The van der Waals surface area contributed by atoms with Crippen LogP contribution in [0.3, 0.4) is 0 Å². The van der Waals surface area contributed by atoms with Crippen LogP contribution in [0.1, 0.15) is 0 Å². The molecule has 23 heavy (non-hydrogen) atoms. The van der Waals surface area contributed by atoms with Crippen molar-refractivity contribution in [2.45, 2.75) is 4.90 Å². The number of anilines is 2. The highest BCUT2D eigenvalue weighted by Gasteiger charge is 2.16. The average molecular weight is 377 g/mol. The molecule has 0 radical (unpaired) electrons. The molecule has 0 aliphatic heterocycles. The summed E-state index contributed by atoms with van der Waals surface area (Å²) in [6.07, 6.45) is 0. The van der Waals surface area contributed by atoms with Gasteiger partial charge in [0.25, 0.3) is 10.0 Å². The molecule has 0 aliphatic carbocycles. The number of nitrogens with zero attached hydrogens (tertiary/aromatic N) is 2. The summed E-state index contributed by atoms with van der Waals surface area (Å²) < 4.78 is 31.7. The van der Waals surface area contributed by atoms with Crippen LogP contribution in [-0.4, -0.2) is 38.9 Å². The highest BCUT2D eigenvalue weighted by atomic mass is 35.5. The number of hydrogen-bond acceptors (Lipinski definition) is 6. The predicted octanol–water partition coefficient (Wildman–Crippen LogP) is 2.64. The van der Waals surface area contributed by atoms with Crippen molar-refractivity contribution < 1.29 is 13.2 Å². The Balaban J connectivity index is 2.09. The Morgan fingerprint density at radius 3 is 2.39 bits per heavy atom. The van der Waals surface area contributed by atoms with Crippen molar-refractivity contribution in [2.75, 3.05) is 30.3 Å². The highest BCUT2D eigenvalue weighted by molar-refractivity contribution is 7.92. The Kier molecular flexibility index (Phi) is 6.00. The van der Waals surface area contributed by atoms with E-state index in [9.17, 15) is 8.42 Å². The number of nitrogens with one attached hydrogen (secondary N) is 2. The first-order valence-corrected chi connectivity index (χ1v) is 8.71. The highest BCUT2D eigenvalue weighted by Crippen LogP contribution is 2.25. The number of hydrogen-bond donors (Lipinski definition) is 2. The number of halogens is 2. The lowest BCUT2D eigenvalue weighted by molar-refractivity contribution is 0.210. The molecule has 0 unspecified atom stereocenters. The molecule has 7 nitrogen and oxygen atoms in total. The van der Waals surface area contributed by atoms with E-state index in [1.807, 2.05) is 0 Å². The van der Waals surface area contributed by atoms with Gasteiger partial charge in [0.05, 0.1) is 21.5 Å². The van der Waals surface area contributed by atoms with E-state index in [0.29, 0.717) is 19.0 Å². The van der Waals surface area contributed by atoms with Crippen molar-refractivity contribution in [3.63, 3.8) is 0 Å². The van der Waals surface area contributed by atoms with Gasteiger partial charge in [-0.2, -0.15) is 0 Å². The molecule has 1 aromatic heterocycles. The maximum atomic E-state index is 12.2. The van der Waals surface area contributed by atoms with Crippen molar-refractivity contribution in [1.29, 1.82) is 0 Å². The standard InChI is InChI=1S/C13H14Cl2N4O3S/c1-22-7-6-16-12-4-5-13(18-17-12)19-23(20,21)9-2-3-10(14)11(15)8-9/h2-5,8H,6-7H2,1H3,(H,16,17)(H,18,19). The number of rotatable bonds is 7. The molecule has 2 rings (SSSR count). The van der Waals surface area contributed by atoms with Crippen LogP contribution in [0.4, 0.5) is 11.6 Å². The summed E-state index contributed by atoms with van der Waals surface area (Å²) in [5, 5.41) is 11.1. The van der Waals surface area contributed by atoms with Crippen molar-refractivity contribution in [1.82, 2.24) is 10.2 Å². The summed E-state index contributed by atoms with van der Waals surface area (Å²) in [4.78, 5) is -0.0176. The molecule has 0 atom stereocenters. The first-order chi connectivity index (χ1) is 10.9. The SMILES string of the molecule is COCCNc1ccc(NS(=O)(=O)c2ccc(Cl)c(Cl)c2)nn1. The molecule has 0 aliphatic rings. The maximum absolute atomic E-state index is 12.2. The summed E-state index contributed by atoms with van der Waals surface area (Å²) in [6, 6.07) is 7.13. The topological polar surface area (TPSA) is 93.2 Å².